The number of ether oxygens (including phenoxy) is 1. The third kappa shape index (κ3) is 5.10. The van der Waals surface area contributed by atoms with E-state index in [1.807, 2.05) is 0 Å². The molecule has 0 saturated carbocycles. The number of rotatable bonds is 7. The molecule has 2 unspecified atom stereocenters. The number of sulfone groups is 1. The molecule has 2 atom stereocenters. The topological polar surface area (TPSA) is 114 Å². The van der Waals surface area contributed by atoms with Crippen molar-refractivity contribution in [3.8, 4) is 5.75 Å². The van der Waals surface area contributed by atoms with Crippen molar-refractivity contribution < 1.29 is 27.1 Å². The zero-order valence-electron chi connectivity index (χ0n) is 15.9. The molecule has 160 valence electrons. The molecule has 2 aromatic carbocycles. The minimum absolute atomic E-state index is 0.0145. The zero-order chi connectivity index (χ0) is 21.7. The van der Waals surface area contributed by atoms with Crippen molar-refractivity contribution >= 4 is 39.1 Å². The van der Waals surface area contributed by atoms with Crippen LogP contribution < -0.4 is 20.7 Å². The Kier molecular flexibility index (Phi) is 6.95. The van der Waals surface area contributed by atoms with Gasteiger partial charge in [-0.3, -0.25) is 14.9 Å². The number of thioether (sulfide) groups is 1. The maximum Gasteiger partial charge on any atom is 0.241 e. The molecular weight excluding hydrogens is 433 g/mol. The second-order valence-electron chi connectivity index (χ2n) is 6.35. The van der Waals surface area contributed by atoms with Crippen molar-refractivity contribution in [3.63, 3.8) is 0 Å². The number of methoxy groups -OCH3 is 1. The van der Waals surface area contributed by atoms with E-state index < -0.39 is 38.2 Å². The van der Waals surface area contributed by atoms with E-state index in [2.05, 4.69) is 16.0 Å². The van der Waals surface area contributed by atoms with Crippen LogP contribution in [0.1, 0.15) is 0 Å². The molecule has 0 aromatic heterocycles. The van der Waals surface area contributed by atoms with E-state index >= 15 is 0 Å². The smallest absolute Gasteiger partial charge is 0.241 e. The molecule has 8 nitrogen and oxygen atoms in total. The zero-order valence-corrected chi connectivity index (χ0v) is 17.6. The fourth-order valence-corrected chi connectivity index (χ4v) is 5.08. The normalized spacial score (nSPS) is 19.1. The molecule has 30 heavy (non-hydrogen) atoms. The Morgan fingerprint density at radius 3 is 2.57 bits per heavy atom. The van der Waals surface area contributed by atoms with Gasteiger partial charge in [0, 0.05) is 6.54 Å². The predicted molar refractivity (Wildman–Crippen MR) is 111 cm³/mol. The van der Waals surface area contributed by atoms with Crippen LogP contribution in [0.4, 0.5) is 10.1 Å². The average molecular weight is 454 g/mol. The van der Waals surface area contributed by atoms with Gasteiger partial charge in [-0.1, -0.05) is 12.1 Å². The van der Waals surface area contributed by atoms with Crippen molar-refractivity contribution in [1.82, 2.24) is 10.6 Å². The van der Waals surface area contributed by atoms with Gasteiger partial charge in [-0.2, -0.15) is 0 Å². The maximum absolute atomic E-state index is 13.6. The lowest BCUT2D eigenvalue weighted by Crippen LogP contribution is -2.59. The molecule has 0 spiro atoms. The summed E-state index contributed by atoms with van der Waals surface area (Å²) < 4.78 is 44.1. The van der Waals surface area contributed by atoms with Gasteiger partial charge >= 0.3 is 0 Å². The van der Waals surface area contributed by atoms with Gasteiger partial charge in [0.25, 0.3) is 0 Å². The molecule has 3 rings (SSSR count). The Bertz CT molecular complexity index is 1030. The molecule has 3 N–H and O–H groups in total. The van der Waals surface area contributed by atoms with Gasteiger partial charge < -0.3 is 15.4 Å². The summed E-state index contributed by atoms with van der Waals surface area (Å²) in [6.45, 7) is -0.104. The van der Waals surface area contributed by atoms with Crippen molar-refractivity contribution in [1.29, 1.82) is 0 Å². The van der Waals surface area contributed by atoms with Gasteiger partial charge in [0.15, 0.2) is 15.1 Å². The van der Waals surface area contributed by atoms with Gasteiger partial charge in [-0.05, 0) is 36.4 Å². The van der Waals surface area contributed by atoms with E-state index in [1.54, 1.807) is 6.07 Å². The molecule has 1 saturated heterocycles. The van der Waals surface area contributed by atoms with Crippen LogP contribution in [0.5, 0.6) is 5.75 Å². The summed E-state index contributed by atoms with van der Waals surface area (Å²) in [5.41, 5.74) is -0.583. The quantitative estimate of drug-likeness (QED) is 0.580. The largest absolute Gasteiger partial charge is 0.497 e. The number of para-hydroxylation sites is 1. The Labute approximate surface area is 177 Å². The van der Waals surface area contributed by atoms with Gasteiger partial charge in [0.05, 0.1) is 23.4 Å². The summed E-state index contributed by atoms with van der Waals surface area (Å²) in [5, 5.41) is 6.60. The third-order valence-electron chi connectivity index (χ3n) is 4.35. The number of carbonyl (C=O) groups is 2. The van der Waals surface area contributed by atoms with E-state index in [-0.39, 0.29) is 22.9 Å². The molecule has 1 aliphatic heterocycles. The molecule has 0 radical (unpaired) electrons. The molecule has 1 aliphatic rings. The van der Waals surface area contributed by atoms with Crippen LogP contribution in [-0.2, 0) is 19.4 Å². The highest BCUT2D eigenvalue weighted by Crippen LogP contribution is 2.22. The lowest BCUT2D eigenvalue weighted by atomic mass is 10.3. The fourth-order valence-electron chi connectivity index (χ4n) is 2.77. The van der Waals surface area contributed by atoms with Gasteiger partial charge in [-0.15, -0.1) is 11.8 Å². The fraction of sp³-hybridized carbons (Fsp3) is 0.263. The van der Waals surface area contributed by atoms with E-state index in [0.29, 0.717) is 5.75 Å². The first-order chi connectivity index (χ1) is 14.3. The van der Waals surface area contributed by atoms with Crippen LogP contribution in [0, 0.1) is 5.82 Å². The van der Waals surface area contributed by atoms with E-state index in [9.17, 15) is 22.4 Å². The lowest BCUT2D eigenvalue weighted by Gasteiger charge is -2.29. The minimum Gasteiger partial charge on any atom is -0.497 e. The third-order valence-corrected chi connectivity index (χ3v) is 7.45. The van der Waals surface area contributed by atoms with Crippen molar-refractivity contribution in [2.75, 3.05) is 24.7 Å². The van der Waals surface area contributed by atoms with Crippen LogP contribution >= 0.6 is 11.8 Å². The number of hydrogen-bond donors (Lipinski definition) is 3. The molecule has 2 amide bonds. The van der Waals surface area contributed by atoms with Gasteiger partial charge in [-0.25, -0.2) is 12.8 Å². The Balaban J connectivity index is 1.55. The summed E-state index contributed by atoms with van der Waals surface area (Å²) in [5.74, 6) is -1.22. The van der Waals surface area contributed by atoms with Crippen LogP contribution in [0.15, 0.2) is 53.4 Å². The van der Waals surface area contributed by atoms with Crippen molar-refractivity contribution in [2.24, 2.45) is 0 Å². The number of anilines is 1. The second kappa shape index (κ2) is 9.45. The highest BCUT2D eigenvalue weighted by molar-refractivity contribution is 8.00. The van der Waals surface area contributed by atoms with E-state index in [0.717, 1.165) is 11.8 Å². The summed E-state index contributed by atoms with van der Waals surface area (Å²) in [7, 11) is -2.43. The number of carbonyl (C=O) groups excluding carboxylic acids is 2. The number of amides is 2. The minimum atomic E-state index is -3.90. The van der Waals surface area contributed by atoms with E-state index in [1.165, 1.54) is 49.6 Å². The van der Waals surface area contributed by atoms with Gasteiger partial charge in [0.1, 0.15) is 17.1 Å². The number of benzene rings is 2. The molecular formula is C19H20FN3O5S2. The predicted octanol–water partition coefficient (Wildman–Crippen LogP) is 1.35. The summed E-state index contributed by atoms with van der Waals surface area (Å²) in [4.78, 5) is 24.4. The lowest BCUT2D eigenvalue weighted by molar-refractivity contribution is -0.122. The van der Waals surface area contributed by atoms with Crippen molar-refractivity contribution in [2.45, 2.75) is 15.6 Å². The average Bonchev–Trinajstić information content (AvgIpc) is 2.74. The van der Waals surface area contributed by atoms with E-state index in [4.69, 9.17) is 4.74 Å². The Hall–Kier alpha value is -2.63. The Morgan fingerprint density at radius 2 is 1.93 bits per heavy atom. The van der Waals surface area contributed by atoms with Crippen LogP contribution in [-0.4, -0.2) is 50.4 Å². The highest BCUT2D eigenvalue weighted by atomic mass is 32.2. The van der Waals surface area contributed by atoms with Crippen LogP contribution in [0.3, 0.4) is 0 Å². The van der Waals surface area contributed by atoms with Gasteiger partial charge in [0.2, 0.25) is 11.8 Å². The summed E-state index contributed by atoms with van der Waals surface area (Å²) in [6.07, 6.45) is 0. The first-order valence-corrected chi connectivity index (χ1v) is 11.5. The SMILES string of the molecule is COc1ccc(S(=O)(=O)C2CNC(SCC(=O)Nc3ccccc3F)NC2=O)cc1. The number of halogens is 1. The van der Waals surface area contributed by atoms with Crippen molar-refractivity contribution in [3.05, 3.63) is 54.3 Å². The molecule has 11 heteroatoms. The molecule has 1 heterocycles. The molecule has 0 aliphatic carbocycles. The monoisotopic (exact) mass is 453 g/mol. The molecule has 1 fully saturated rings. The second-order valence-corrected chi connectivity index (χ2v) is 9.57. The maximum atomic E-state index is 13.6. The molecule has 2 aromatic rings. The molecule has 0 bridgehead atoms. The first-order valence-electron chi connectivity index (χ1n) is 8.89. The van der Waals surface area contributed by atoms with Crippen LogP contribution in [0.2, 0.25) is 0 Å². The Morgan fingerprint density at radius 1 is 1.23 bits per heavy atom. The standard InChI is InChI=1S/C19H20FN3O5S2/c1-28-12-6-8-13(9-7-12)30(26,27)16-10-21-19(23-18(16)25)29-11-17(24)22-15-5-3-2-4-14(15)20/h2-9,16,19,21H,10-11H2,1H3,(H,22,24)(H,23,25). The summed E-state index contributed by atoms with van der Waals surface area (Å²) in [6, 6.07) is 11.6. The number of nitrogens with one attached hydrogen (secondary N) is 3. The summed E-state index contributed by atoms with van der Waals surface area (Å²) >= 11 is 1.06. The first kappa shape index (κ1) is 22.1. The number of hydrogen-bond acceptors (Lipinski definition) is 7. The highest BCUT2D eigenvalue weighted by Gasteiger charge is 2.38. The van der Waals surface area contributed by atoms with Crippen LogP contribution in [0.25, 0.3) is 0 Å².